The molecule has 7 nitrogen and oxygen atoms in total. The van der Waals surface area contributed by atoms with Gasteiger partial charge < -0.3 is 14.5 Å². The molecule has 1 fully saturated rings. The topological polar surface area (TPSA) is 78.5 Å². The van der Waals surface area contributed by atoms with Crippen LogP contribution >= 0.6 is 0 Å². The predicted molar refractivity (Wildman–Crippen MR) is 103 cm³/mol. The summed E-state index contributed by atoms with van der Waals surface area (Å²) in [4.78, 5) is 29.7. The summed E-state index contributed by atoms with van der Waals surface area (Å²) in [6.45, 7) is 6.98. The number of H-pyrrole nitrogens is 1. The highest BCUT2D eigenvalue weighted by molar-refractivity contribution is 5.86. The zero-order chi connectivity index (χ0) is 19.8. The number of amides is 2. The van der Waals surface area contributed by atoms with Crippen LogP contribution in [0.2, 0.25) is 0 Å². The monoisotopic (exact) mass is 382 g/mol. The van der Waals surface area contributed by atoms with E-state index in [1.807, 2.05) is 56.0 Å². The molecule has 0 saturated carbocycles. The summed E-state index contributed by atoms with van der Waals surface area (Å²) < 4.78 is 5.85. The molecule has 2 aliphatic heterocycles. The molecular formula is C21H26N4O3. The van der Waals surface area contributed by atoms with E-state index in [9.17, 15) is 9.59 Å². The van der Waals surface area contributed by atoms with Gasteiger partial charge in [-0.25, -0.2) is 0 Å². The Balaban J connectivity index is 1.65. The first-order valence-electron chi connectivity index (χ1n) is 9.76. The van der Waals surface area contributed by atoms with Gasteiger partial charge in [-0.05, 0) is 26.3 Å². The van der Waals surface area contributed by atoms with E-state index in [0.29, 0.717) is 13.1 Å². The zero-order valence-electron chi connectivity index (χ0n) is 16.5. The molecule has 2 aliphatic rings. The van der Waals surface area contributed by atoms with Gasteiger partial charge in [0.2, 0.25) is 5.91 Å². The zero-order valence-corrected chi connectivity index (χ0v) is 16.5. The molecule has 4 rings (SSSR count). The van der Waals surface area contributed by atoms with Gasteiger partial charge in [0.15, 0.2) is 6.10 Å². The molecule has 0 unspecified atom stereocenters. The van der Waals surface area contributed by atoms with Crippen LogP contribution in [-0.4, -0.2) is 57.1 Å². The lowest BCUT2D eigenvalue weighted by atomic mass is 9.94. The maximum absolute atomic E-state index is 13.5. The van der Waals surface area contributed by atoms with Gasteiger partial charge in [0.25, 0.3) is 5.91 Å². The summed E-state index contributed by atoms with van der Waals surface area (Å²) in [5.74, 6) is -0.155. The van der Waals surface area contributed by atoms with Crippen LogP contribution in [0.15, 0.2) is 30.3 Å². The van der Waals surface area contributed by atoms with Gasteiger partial charge in [0.1, 0.15) is 6.61 Å². The van der Waals surface area contributed by atoms with Crippen molar-refractivity contribution in [2.75, 3.05) is 13.2 Å². The van der Waals surface area contributed by atoms with Gasteiger partial charge in [-0.1, -0.05) is 30.3 Å². The second kappa shape index (κ2) is 7.39. The molecule has 7 heteroatoms. The number of aromatic amines is 1. The van der Waals surface area contributed by atoms with Crippen molar-refractivity contribution in [2.45, 2.75) is 51.9 Å². The van der Waals surface area contributed by atoms with Gasteiger partial charge in [-0.3, -0.25) is 14.7 Å². The predicted octanol–water partition coefficient (Wildman–Crippen LogP) is 1.98. The number of aryl methyl sites for hydroxylation is 1. The maximum atomic E-state index is 13.5. The van der Waals surface area contributed by atoms with E-state index < -0.39 is 12.1 Å². The van der Waals surface area contributed by atoms with Crippen LogP contribution in [-0.2, 0) is 27.3 Å². The smallest absolute Gasteiger partial charge is 0.254 e. The third-order valence-corrected chi connectivity index (χ3v) is 5.64. The van der Waals surface area contributed by atoms with Crippen molar-refractivity contribution in [2.24, 2.45) is 0 Å². The van der Waals surface area contributed by atoms with Crippen molar-refractivity contribution in [1.82, 2.24) is 20.0 Å². The summed E-state index contributed by atoms with van der Waals surface area (Å²) in [5, 5.41) is 7.33. The Labute approximate surface area is 164 Å². The molecule has 2 amide bonds. The number of fused-ring (bicyclic) bond motifs is 1. The number of nitrogens with one attached hydrogen (secondary N) is 1. The van der Waals surface area contributed by atoms with E-state index in [-0.39, 0.29) is 24.5 Å². The average Bonchev–Trinajstić information content (AvgIpc) is 3.08. The minimum absolute atomic E-state index is 0.0269. The van der Waals surface area contributed by atoms with Gasteiger partial charge in [0, 0.05) is 36.8 Å². The van der Waals surface area contributed by atoms with E-state index in [2.05, 4.69) is 10.2 Å². The highest BCUT2D eigenvalue weighted by atomic mass is 16.5. The molecule has 2 atom stereocenters. The van der Waals surface area contributed by atoms with Crippen molar-refractivity contribution in [3.05, 3.63) is 52.8 Å². The van der Waals surface area contributed by atoms with Crippen LogP contribution in [0, 0.1) is 6.92 Å². The summed E-state index contributed by atoms with van der Waals surface area (Å²) in [6, 6.07) is 9.24. The lowest BCUT2D eigenvalue weighted by Crippen LogP contribution is -2.57. The van der Waals surface area contributed by atoms with Crippen LogP contribution in [0.4, 0.5) is 0 Å². The van der Waals surface area contributed by atoms with Crippen LogP contribution in [0.1, 0.15) is 42.4 Å². The molecule has 148 valence electrons. The van der Waals surface area contributed by atoms with Crippen LogP contribution in [0.5, 0.6) is 0 Å². The number of aromatic nitrogens is 2. The molecule has 3 heterocycles. The molecule has 1 aromatic carbocycles. The molecule has 0 spiro atoms. The Morgan fingerprint density at radius 3 is 2.75 bits per heavy atom. The number of morpholine rings is 1. The molecule has 28 heavy (non-hydrogen) atoms. The van der Waals surface area contributed by atoms with E-state index in [0.717, 1.165) is 28.9 Å². The summed E-state index contributed by atoms with van der Waals surface area (Å²) in [7, 11) is 0. The van der Waals surface area contributed by atoms with Crippen LogP contribution in [0.3, 0.4) is 0 Å². The lowest BCUT2D eigenvalue weighted by Gasteiger charge is -2.44. The molecular weight excluding hydrogens is 356 g/mol. The highest BCUT2D eigenvalue weighted by Crippen LogP contribution is 2.34. The molecule has 2 aromatic rings. The van der Waals surface area contributed by atoms with Gasteiger partial charge in [-0.15, -0.1) is 0 Å². The van der Waals surface area contributed by atoms with Gasteiger partial charge in [0.05, 0.1) is 11.7 Å². The fraction of sp³-hybridized carbons (Fsp3) is 0.476. The molecule has 0 bridgehead atoms. The number of benzene rings is 1. The molecule has 1 aromatic heterocycles. The summed E-state index contributed by atoms with van der Waals surface area (Å²) in [6.07, 6.45) is 0.0114. The molecule has 0 aliphatic carbocycles. The van der Waals surface area contributed by atoms with Crippen LogP contribution < -0.4 is 0 Å². The van der Waals surface area contributed by atoms with Crippen molar-refractivity contribution in [1.29, 1.82) is 0 Å². The number of nitrogens with zero attached hydrogens (tertiary/aromatic N) is 3. The van der Waals surface area contributed by atoms with Crippen molar-refractivity contribution in [3.63, 3.8) is 0 Å². The second-order valence-electron chi connectivity index (χ2n) is 7.77. The highest BCUT2D eigenvalue weighted by Gasteiger charge is 2.44. The number of rotatable bonds is 3. The Bertz CT molecular complexity index is 877. The maximum Gasteiger partial charge on any atom is 0.254 e. The third kappa shape index (κ3) is 3.20. The Morgan fingerprint density at radius 1 is 1.29 bits per heavy atom. The van der Waals surface area contributed by atoms with Crippen molar-refractivity contribution in [3.8, 4) is 0 Å². The number of hydrogen-bond acceptors (Lipinski definition) is 4. The molecule has 0 radical (unpaired) electrons. The van der Waals surface area contributed by atoms with Crippen molar-refractivity contribution >= 4 is 11.8 Å². The molecule has 1 saturated heterocycles. The van der Waals surface area contributed by atoms with E-state index in [1.165, 1.54) is 0 Å². The SMILES string of the molecule is Cc1[nH]nc2c1CN(C(=O)[C@H]1OCC(=O)N(C(C)C)[C@@H]1c1ccccc1)CC2. The van der Waals surface area contributed by atoms with E-state index in [1.54, 1.807) is 4.90 Å². The van der Waals surface area contributed by atoms with Gasteiger partial charge >= 0.3 is 0 Å². The first-order chi connectivity index (χ1) is 13.5. The second-order valence-corrected chi connectivity index (χ2v) is 7.77. The lowest BCUT2D eigenvalue weighted by molar-refractivity contribution is -0.172. The number of ether oxygens (including phenoxy) is 1. The fourth-order valence-corrected chi connectivity index (χ4v) is 4.23. The third-order valence-electron chi connectivity index (χ3n) is 5.64. The Kier molecular flexibility index (Phi) is 4.93. The minimum atomic E-state index is -0.712. The number of hydrogen-bond donors (Lipinski definition) is 1. The first-order valence-corrected chi connectivity index (χ1v) is 9.76. The summed E-state index contributed by atoms with van der Waals surface area (Å²) >= 11 is 0. The van der Waals surface area contributed by atoms with E-state index >= 15 is 0 Å². The fourth-order valence-electron chi connectivity index (χ4n) is 4.23. The largest absolute Gasteiger partial charge is 0.356 e. The average molecular weight is 382 g/mol. The normalized spacial score (nSPS) is 22.5. The van der Waals surface area contributed by atoms with Crippen molar-refractivity contribution < 1.29 is 14.3 Å². The summed E-state index contributed by atoms with van der Waals surface area (Å²) in [5.41, 5.74) is 4.03. The number of carbonyl (C=O) groups excluding carboxylic acids is 2. The Morgan fingerprint density at radius 2 is 2.04 bits per heavy atom. The van der Waals surface area contributed by atoms with E-state index in [4.69, 9.17) is 4.74 Å². The molecule has 1 N–H and O–H groups in total. The first kappa shape index (κ1) is 18.7. The minimum Gasteiger partial charge on any atom is -0.356 e. The standard InChI is InChI=1S/C21H26N4O3/c1-13(2)25-18(26)12-28-20(19(25)15-7-5-4-6-8-15)21(27)24-10-9-17-16(11-24)14(3)22-23-17/h4-8,13,19-20H,9-12H2,1-3H3,(H,22,23)/t19-,20+/m1/s1. The quantitative estimate of drug-likeness (QED) is 0.880. The number of carbonyl (C=O) groups is 2. The Hall–Kier alpha value is -2.67. The van der Waals surface area contributed by atoms with Gasteiger partial charge in [-0.2, -0.15) is 5.10 Å². The van der Waals surface area contributed by atoms with Crippen LogP contribution in [0.25, 0.3) is 0 Å².